The lowest BCUT2D eigenvalue weighted by molar-refractivity contribution is -0.123. The van der Waals surface area contributed by atoms with Gasteiger partial charge in [-0.05, 0) is 74.2 Å². The van der Waals surface area contributed by atoms with Crippen molar-refractivity contribution < 1.29 is 18.7 Å². The molecule has 33 heavy (non-hydrogen) atoms. The molecule has 1 saturated heterocycles. The standard InChI is InChI=1S/C26H30FN3O3/c1-19-7-5-13-29(17-19)14-6-12-28-25(31)18-30-22-10-2-3-11-23(22)33-24(26(30)32)16-20-8-4-9-21(27)15-20/h2-4,8-11,15-16,19H,5-7,12-14,17-18H2,1H3,(H,28,31)/b24-16+/t19-/m0/s1. The SMILES string of the molecule is C[C@H]1CCCN(CCCNC(=O)CN2C(=O)/C(=C\c3cccc(F)c3)Oc3ccccc32)C1. The molecule has 2 aromatic rings. The fraction of sp³-hybridized carbons (Fsp3) is 0.385. The van der Waals surface area contributed by atoms with Crippen molar-refractivity contribution in [3.63, 3.8) is 0 Å². The zero-order chi connectivity index (χ0) is 23.2. The first kappa shape index (κ1) is 23.0. The number of nitrogens with zero attached hydrogens (tertiary/aromatic N) is 2. The Morgan fingerprint density at radius 1 is 1.24 bits per heavy atom. The highest BCUT2D eigenvalue weighted by Crippen LogP contribution is 2.35. The number of halogens is 1. The minimum Gasteiger partial charge on any atom is -0.449 e. The topological polar surface area (TPSA) is 61.9 Å². The maximum absolute atomic E-state index is 13.6. The number of rotatable bonds is 7. The molecule has 0 spiro atoms. The largest absolute Gasteiger partial charge is 0.449 e. The van der Waals surface area contributed by atoms with Crippen LogP contribution in [-0.2, 0) is 9.59 Å². The molecule has 0 unspecified atom stereocenters. The van der Waals surface area contributed by atoms with Crippen LogP contribution in [0.1, 0.15) is 31.7 Å². The maximum Gasteiger partial charge on any atom is 0.294 e. The Kier molecular flexibility index (Phi) is 7.40. The Balaban J connectivity index is 1.39. The number of carbonyl (C=O) groups excluding carboxylic acids is 2. The van der Waals surface area contributed by atoms with Gasteiger partial charge < -0.3 is 15.0 Å². The number of carbonyl (C=O) groups is 2. The van der Waals surface area contributed by atoms with E-state index in [0.29, 0.717) is 23.5 Å². The maximum atomic E-state index is 13.6. The van der Waals surface area contributed by atoms with Crippen molar-refractivity contribution in [1.82, 2.24) is 10.2 Å². The Morgan fingerprint density at radius 2 is 2.09 bits per heavy atom. The average molecular weight is 452 g/mol. The number of amides is 2. The molecule has 2 aliphatic heterocycles. The summed E-state index contributed by atoms with van der Waals surface area (Å²) < 4.78 is 19.4. The minimum atomic E-state index is -0.435. The van der Waals surface area contributed by atoms with E-state index in [9.17, 15) is 14.0 Å². The van der Waals surface area contributed by atoms with Gasteiger partial charge in [0.15, 0.2) is 11.5 Å². The summed E-state index contributed by atoms with van der Waals surface area (Å²) in [7, 11) is 0. The number of ether oxygens (including phenoxy) is 1. The molecule has 1 atom stereocenters. The summed E-state index contributed by atoms with van der Waals surface area (Å²) in [6.07, 6.45) is 4.89. The molecule has 6 nitrogen and oxygen atoms in total. The van der Waals surface area contributed by atoms with E-state index in [2.05, 4.69) is 17.1 Å². The molecule has 0 aliphatic carbocycles. The quantitative estimate of drug-likeness (QED) is 0.513. The van der Waals surface area contributed by atoms with E-state index in [1.807, 2.05) is 0 Å². The summed E-state index contributed by atoms with van der Waals surface area (Å²) in [5.74, 6) is 0.198. The highest BCUT2D eigenvalue weighted by Gasteiger charge is 2.31. The molecule has 2 amide bonds. The second-order valence-corrected chi connectivity index (χ2v) is 8.78. The number of fused-ring (bicyclic) bond motifs is 1. The second-order valence-electron chi connectivity index (χ2n) is 8.78. The molecule has 7 heteroatoms. The van der Waals surface area contributed by atoms with Gasteiger partial charge >= 0.3 is 0 Å². The third kappa shape index (κ3) is 5.99. The van der Waals surface area contributed by atoms with Crippen molar-refractivity contribution in [3.8, 4) is 5.75 Å². The van der Waals surface area contributed by atoms with Gasteiger partial charge in [-0.1, -0.05) is 31.2 Å². The van der Waals surface area contributed by atoms with Gasteiger partial charge in [0.25, 0.3) is 5.91 Å². The highest BCUT2D eigenvalue weighted by atomic mass is 19.1. The number of anilines is 1. The first-order valence-corrected chi connectivity index (χ1v) is 11.5. The molecule has 0 aromatic heterocycles. The van der Waals surface area contributed by atoms with Crippen LogP contribution in [0.15, 0.2) is 54.3 Å². The van der Waals surface area contributed by atoms with Crippen molar-refractivity contribution in [2.75, 3.05) is 37.6 Å². The molecule has 2 aliphatic rings. The summed E-state index contributed by atoms with van der Waals surface area (Å²) in [5.41, 5.74) is 1.05. The number of nitrogens with one attached hydrogen (secondary N) is 1. The number of hydrogen-bond donors (Lipinski definition) is 1. The molecule has 2 aromatic carbocycles. The van der Waals surface area contributed by atoms with Crippen LogP contribution in [0, 0.1) is 11.7 Å². The Bertz CT molecular complexity index is 1040. The van der Waals surface area contributed by atoms with Gasteiger partial charge in [-0.3, -0.25) is 14.5 Å². The summed E-state index contributed by atoms with van der Waals surface area (Å²) in [5, 5.41) is 2.93. The van der Waals surface area contributed by atoms with Crippen molar-refractivity contribution >= 4 is 23.6 Å². The van der Waals surface area contributed by atoms with E-state index in [1.54, 1.807) is 36.4 Å². The van der Waals surface area contributed by atoms with Crippen molar-refractivity contribution in [1.29, 1.82) is 0 Å². The second kappa shape index (κ2) is 10.6. The van der Waals surface area contributed by atoms with Crippen LogP contribution in [0.3, 0.4) is 0 Å². The van der Waals surface area contributed by atoms with Gasteiger partial charge in [0.05, 0.1) is 5.69 Å². The van der Waals surface area contributed by atoms with Gasteiger partial charge in [-0.2, -0.15) is 0 Å². The minimum absolute atomic E-state index is 0.0475. The molecule has 174 valence electrons. The first-order valence-electron chi connectivity index (χ1n) is 11.5. The zero-order valence-electron chi connectivity index (χ0n) is 18.9. The highest BCUT2D eigenvalue weighted by molar-refractivity contribution is 6.12. The summed E-state index contributed by atoms with van der Waals surface area (Å²) in [6, 6.07) is 13.0. The molecule has 0 bridgehead atoms. The fourth-order valence-electron chi connectivity index (χ4n) is 4.39. The Morgan fingerprint density at radius 3 is 2.91 bits per heavy atom. The van der Waals surface area contributed by atoms with E-state index in [1.165, 1.54) is 36.0 Å². The molecule has 1 N–H and O–H groups in total. The van der Waals surface area contributed by atoms with Crippen LogP contribution >= 0.6 is 0 Å². The summed E-state index contributed by atoms with van der Waals surface area (Å²) in [4.78, 5) is 29.6. The average Bonchev–Trinajstić information content (AvgIpc) is 2.79. The van der Waals surface area contributed by atoms with Crippen LogP contribution in [0.5, 0.6) is 5.75 Å². The van der Waals surface area contributed by atoms with Crippen LogP contribution in [0.25, 0.3) is 6.08 Å². The van der Waals surface area contributed by atoms with Gasteiger partial charge in [-0.25, -0.2) is 4.39 Å². The zero-order valence-corrected chi connectivity index (χ0v) is 18.9. The molecular formula is C26H30FN3O3. The van der Waals surface area contributed by atoms with Crippen LogP contribution in [-0.4, -0.2) is 49.4 Å². The van der Waals surface area contributed by atoms with E-state index < -0.39 is 11.7 Å². The molecule has 0 radical (unpaired) electrons. The predicted octanol–water partition coefficient (Wildman–Crippen LogP) is 3.83. The molecule has 0 saturated carbocycles. The van der Waals surface area contributed by atoms with Crippen LogP contribution in [0.2, 0.25) is 0 Å². The van der Waals surface area contributed by atoms with Gasteiger partial charge in [0.2, 0.25) is 5.91 Å². The molecule has 1 fully saturated rings. The number of hydrogen-bond acceptors (Lipinski definition) is 4. The normalized spacial score (nSPS) is 19.8. The molecular weight excluding hydrogens is 421 g/mol. The summed E-state index contributed by atoms with van der Waals surface area (Å²) >= 11 is 0. The van der Waals surface area contributed by atoms with E-state index in [-0.39, 0.29) is 18.2 Å². The van der Waals surface area contributed by atoms with E-state index in [4.69, 9.17) is 4.74 Å². The predicted molar refractivity (Wildman–Crippen MR) is 126 cm³/mol. The fourth-order valence-corrected chi connectivity index (χ4v) is 4.39. The van der Waals surface area contributed by atoms with Gasteiger partial charge in [0, 0.05) is 13.1 Å². The number of benzene rings is 2. The van der Waals surface area contributed by atoms with Gasteiger partial charge in [-0.15, -0.1) is 0 Å². The first-order chi connectivity index (χ1) is 16.0. The van der Waals surface area contributed by atoms with Crippen molar-refractivity contribution in [2.24, 2.45) is 5.92 Å². The number of para-hydroxylation sites is 2. The van der Waals surface area contributed by atoms with Crippen LogP contribution < -0.4 is 15.0 Å². The van der Waals surface area contributed by atoms with Crippen LogP contribution in [0.4, 0.5) is 10.1 Å². The lowest BCUT2D eigenvalue weighted by atomic mass is 10.0. The monoisotopic (exact) mass is 451 g/mol. The van der Waals surface area contributed by atoms with Gasteiger partial charge in [0.1, 0.15) is 12.4 Å². The lowest BCUT2D eigenvalue weighted by Gasteiger charge is -2.31. The third-order valence-electron chi connectivity index (χ3n) is 5.99. The van der Waals surface area contributed by atoms with Crippen molar-refractivity contribution in [3.05, 3.63) is 65.7 Å². The molecule has 2 heterocycles. The lowest BCUT2D eigenvalue weighted by Crippen LogP contribution is -2.44. The smallest absolute Gasteiger partial charge is 0.294 e. The van der Waals surface area contributed by atoms with E-state index >= 15 is 0 Å². The Hall–Kier alpha value is -3.19. The molecule has 4 rings (SSSR count). The number of likely N-dealkylation sites (tertiary alicyclic amines) is 1. The number of piperidine rings is 1. The third-order valence-corrected chi connectivity index (χ3v) is 5.99. The Labute approximate surface area is 194 Å². The van der Waals surface area contributed by atoms with Crippen molar-refractivity contribution in [2.45, 2.75) is 26.2 Å². The van der Waals surface area contributed by atoms with E-state index in [0.717, 1.165) is 32.0 Å². The summed E-state index contributed by atoms with van der Waals surface area (Å²) in [6.45, 7) is 5.94.